The van der Waals surface area contributed by atoms with Gasteiger partial charge in [0.2, 0.25) is 0 Å². The van der Waals surface area contributed by atoms with Crippen LogP contribution >= 0.6 is 11.3 Å². The van der Waals surface area contributed by atoms with Gasteiger partial charge < -0.3 is 24.6 Å². The Labute approximate surface area is 220 Å². The lowest BCUT2D eigenvalue weighted by molar-refractivity contribution is 0.0600. The van der Waals surface area contributed by atoms with E-state index < -0.39 is 24.2 Å². The van der Waals surface area contributed by atoms with Crippen LogP contribution in [0.2, 0.25) is 0 Å². The molecule has 1 amide bonds. The number of methoxy groups -OCH3 is 2. The van der Waals surface area contributed by atoms with Gasteiger partial charge in [0.05, 0.1) is 43.3 Å². The van der Waals surface area contributed by atoms with E-state index in [0.717, 1.165) is 0 Å². The highest BCUT2D eigenvalue weighted by molar-refractivity contribution is 7.17. The van der Waals surface area contributed by atoms with E-state index in [1.165, 1.54) is 62.0 Å². The molecule has 196 valence electrons. The summed E-state index contributed by atoms with van der Waals surface area (Å²) in [7, 11) is 2.63. The Morgan fingerprint density at radius 2 is 1.87 bits per heavy atom. The van der Waals surface area contributed by atoms with Gasteiger partial charge in [0.1, 0.15) is 18.1 Å². The summed E-state index contributed by atoms with van der Waals surface area (Å²) in [5.74, 6) is -1.51. The lowest BCUT2D eigenvalue weighted by Crippen LogP contribution is -2.30. The first-order valence-corrected chi connectivity index (χ1v) is 12.2. The third kappa shape index (κ3) is 5.63. The molecule has 38 heavy (non-hydrogen) atoms. The molecule has 2 heterocycles. The number of hydrogen-bond acceptors (Lipinski definition) is 9. The number of aromatic nitrogens is 1. The van der Waals surface area contributed by atoms with Gasteiger partial charge >= 0.3 is 5.97 Å². The highest BCUT2D eigenvalue weighted by atomic mass is 32.1. The summed E-state index contributed by atoms with van der Waals surface area (Å²) in [5, 5.41) is 13.8. The van der Waals surface area contributed by atoms with Crippen molar-refractivity contribution in [3.05, 3.63) is 76.5 Å². The number of Topliss-reactive ketones (excluding diaryl/α,β-unsaturated/α-hetero) is 1. The third-order valence-corrected chi connectivity index (χ3v) is 6.55. The van der Waals surface area contributed by atoms with E-state index in [1.807, 2.05) is 0 Å². The van der Waals surface area contributed by atoms with Crippen LogP contribution in [0.1, 0.15) is 31.2 Å². The summed E-state index contributed by atoms with van der Waals surface area (Å²) in [4.78, 5) is 42.4. The SMILES string of the molecule is COC(=O)c1cc(C(=O)CNC(=O)c2ccc(OCCO)c(OC)c2)nc(-c2csc3c(F)cccc23)c1. The number of amides is 1. The van der Waals surface area contributed by atoms with Crippen LogP contribution in [-0.2, 0) is 4.74 Å². The summed E-state index contributed by atoms with van der Waals surface area (Å²) < 4.78 is 30.1. The normalized spacial score (nSPS) is 10.7. The maximum Gasteiger partial charge on any atom is 0.338 e. The van der Waals surface area contributed by atoms with E-state index in [2.05, 4.69) is 10.3 Å². The minimum Gasteiger partial charge on any atom is -0.493 e. The number of nitrogens with zero attached hydrogens (tertiary/aromatic N) is 1. The second-order valence-electron chi connectivity index (χ2n) is 7.93. The van der Waals surface area contributed by atoms with Gasteiger partial charge in [-0.1, -0.05) is 12.1 Å². The maximum atomic E-state index is 14.2. The van der Waals surface area contributed by atoms with Crippen molar-refractivity contribution >= 4 is 39.1 Å². The quantitative estimate of drug-likeness (QED) is 0.230. The van der Waals surface area contributed by atoms with Crippen LogP contribution in [-0.4, -0.2) is 61.7 Å². The first-order valence-electron chi connectivity index (χ1n) is 11.4. The van der Waals surface area contributed by atoms with Gasteiger partial charge in [-0.2, -0.15) is 0 Å². The standard InChI is InChI=1S/C27H23FN2O7S/c1-35-24-12-15(6-7-23(24)37-9-8-31)26(33)29-13-22(32)21-11-16(27(34)36-2)10-20(30-21)18-14-38-25-17(18)4-3-5-19(25)28/h3-7,10-12,14,31H,8-9,13H2,1-2H3,(H,29,33). The molecular formula is C27H23FN2O7S. The molecule has 0 aliphatic heterocycles. The molecule has 9 nitrogen and oxygen atoms in total. The van der Waals surface area contributed by atoms with Crippen molar-refractivity contribution < 1.29 is 38.1 Å². The number of aliphatic hydroxyl groups excluding tert-OH is 1. The molecule has 0 saturated heterocycles. The molecule has 0 unspecified atom stereocenters. The van der Waals surface area contributed by atoms with Crippen molar-refractivity contribution in [2.24, 2.45) is 0 Å². The van der Waals surface area contributed by atoms with Crippen molar-refractivity contribution in [1.29, 1.82) is 0 Å². The number of carbonyl (C=O) groups excluding carboxylic acids is 3. The molecule has 0 bridgehead atoms. The topological polar surface area (TPSA) is 124 Å². The van der Waals surface area contributed by atoms with E-state index in [-0.39, 0.29) is 41.6 Å². The fourth-order valence-corrected chi connectivity index (χ4v) is 4.67. The van der Waals surface area contributed by atoms with E-state index >= 15 is 0 Å². The number of fused-ring (bicyclic) bond motifs is 1. The Bertz CT molecular complexity index is 1520. The van der Waals surface area contributed by atoms with Crippen LogP contribution in [0.25, 0.3) is 21.3 Å². The number of halogens is 1. The van der Waals surface area contributed by atoms with Crippen molar-refractivity contribution in [3.8, 4) is 22.8 Å². The Balaban J connectivity index is 1.58. The van der Waals surface area contributed by atoms with Crippen molar-refractivity contribution in [3.63, 3.8) is 0 Å². The van der Waals surface area contributed by atoms with E-state index in [1.54, 1.807) is 17.5 Å². The highest BCUT2D eigenvalue weighted by Gasteiger charge is 2.19. The number of nitrogens with one attached hydrogen (secondary N) is 1. The molecule has 0 fully saturated rings. The van der Waals surface area contributed by atoms with Crippen LogP contribution < -0.4 is 14.8 Å². The predicted octanol–water partition coefficient (Wildman–Crippen LogP) is 3.88. The number of esters is 1. The molecule has 2 aromatic carbocycles. The summed E-state index contributed by atoms with van der Waals surface area (Å²) in [6.45, 7) is -0.522. The molecule has 2 N–H and O–H groups in total. The molecule has 11 heteroatoms. The first-order chi connectivity index (χ1) is 18.4. The smallest absolute Gasteiger partial charge is 0.338 e. The molecule has 4 rings (SSSR count). The molecule has 0 spiro atoms. The Kier molecular flexibility index (Phi) is 8.29. The zero-order valence-electron chi connectivity index (χ0n) is 20.4. The Hall–Kier alpha value is -4.35. The average Bonchev–Trinajstić information content (AvgIpc) is 3.39. The average molecular weight is 539 g/mol. The fraction of sp³-hybridized carbons (Fsp3) is 0.185. The zero-order valence-corrected chi connectivity index (χ0v) is 21.3. The second-order valence-corrected chi connectivity index (χ2v) is 8.81. The number of hydrogen-bond donors (Lipinski definition) is 2. The molecule has 2 aromatic heterocycles. The molecule has 4 aromatic rings. The Morgan fingerprint density at radius 1 is 1.05 bits per heavy atom. The van der Waals surface area contributed by atoms with Gasteiger partial charge in [-0.15, -0.1) is 11.3 Å². The lowest BCUT2D eigenvalue weighted by Gasteiger charge is -2.12. The monoisotopic (exact) mass is 538 g/mol. The summed E-state index contributed by atoms with van der Waals surface area (Å²) >= 11 is 1.18. The zero-order chi connectivity index (χ0) is 27.2. The van der Waals surface area contributed by atoms with Gasteiger partial charge in [0.15, 0.2) is 17.3 Å². The van der Waals surface area contributed by atoms with Crippen LogP contribution in [0.3, 0.4) is 0 Å². The fourth-order valence-electron chi connectivity index (χ4n) is 3.70. The van der Waals surface area contributed by atoms with E-state index in [4.69, 9.17) is 19.3 Å². The van der Waals surface area contributed by atoms with Crippen molar-refractivity contribution in [2.75, 3.05) is 34.0 Å². The van der Waals surface area contributed by atoms with Gasteiger partial charge in [-0.05, 0) is 36.4 Å². The van der Waals surface area contributed by atoms with Crippen molar-refractivity contribution in [1.82, 2.24) is 10.3 Å². The van der Waals surface area contributed by atoms with Crippen LogP contribution in [0.4, 0.5) is 4.39 Å². The number of benzene rings is 2. The number of ketones is 1. The highest BCUT2D eigenvalue weighted by Crippen LogP contribution is 2.35. The number of rotatable bonds is 10. The number of carbonyl (C=O) groups is 3. The second kappa shape index (κ2) is 11.8. The largest absolute Gasteiger partial charge is 0.493 e. The minimum atomic E-state index is -0.673. The molecular weight excluding hydrogens is 515 g/mol. The lowest BCUT2D eigenvalue weighted by atomic mass is 10.1. The van der Waals surface area contributed by atoms with Crippen molar-refractivity contribution in [2.45, 2.75) is 0 Å². The minimum absolute atomic E-state index is 0.0617. The van der Waals surface area contributed by atoms with Gasteiger partial charge in [-0.3, -0.25) is 9.59 Å². The molecule has 0 atom stereocenters. The van der Waals surface area contributed by atoms with Crippen LogP contribution in [0.15, 0.2) is 53.9 Å². The molecule has 0 aliphatic carbocycles. The number of thiophene rings is 1. The summed E-state index contributed by atoms with van der Waals surface area (Å²) in [6.07, 6.45) is 0. The number of aliphatic hydroxyl groups is 1. The molecule has 0 saturated carbocycles. The number of pyridine rings is 1. The van der Waals surface area contributed by atoms with Gasteiger partial charge in [0, 0.05) is 21.9 Å². The molecule has 0 radical (unpaired) electrons. The predicted molar refractivity (Wildman–Crippen MR) is 139 cm³/mol. The summed E-state index contributed by atoms with van der Waals surface area (Å²) in [5.41, 5.74) is 1.09. The van der Waals surface area contributed by atoms with Crippen LogP contribution in [0, 0.1) is 5.82 Å². The number of ether oxygens (including phenoxy) is 3. The van der Waals surface area contributed by atoms with E-state index in [0.29, 0.717) is 27.1 Å². The van der Waals surface area contributed by atoms with Gasteiger partial charge in [-0.25, -0.2) is 14.2 Å². The van der Waals surface area contributed by atoms with E-state index in [9.17, 15) is 18.8 Å². The third-order valence-electron chi connectivity index (χ3n) is 5.54. The molecule has 0 aliphatic rings. The summed E-state index contributed by atoms with van der Waals surface area (Å²) in [6, 6.07) is 11.9. The van der Waals surface area contributed by atoms with Crippen LogP contribution in [0.5, 0.6) is 11.5 Å². The van der Waals surface area contributed by atoms with Gasteiger partial charge in [0.25, 0.3) is 5.91 Å². The first kappa shape index (κ1) is 26.7. The maximum absolute atomic E-state index is 14.2. The Morgan fingerprint density at radius 3 is 2.61 bits per heavy atom.